The Morgan fingerprint density at radius 2 is 1.76 bits per heavy atom. The van der Waals surface area contributed by atoms with Gasteiger partial charge in [0.1, 0.15) is 18.2 Å². The summed E-state index contributed by atoms with van der Waals surface area (Å²) in [5.41, 5.74) is 1.67. The summed E-state index contributed by atoms with van der Waals surface area (Å²) in [5, 5.41) is 0. The van der Waals surface area contributed by atoms with Gasteiger partial charge in [-0.15, -0.1) is 0 Å². The minimum atomic E-state index is -0.388. The zero-order valence-electron chi connectivity index (χ0n) is 17.6. The third-order valence-corrected chi connectivity index (χ3v) is 6.09. The number of halogens is 2. The molecular weight excluding hydrogens is 464 g/mol. The standard InChI is InChI=1S/C25H19F2NO3S2/c1-2-30-22-13-16(7-12-21(22)31-15-17-5-3-4-6-20(17)27)14-23-24(29)28(25(32)33-23)19-10-8-18(26)9-11-19/h3-14H,2,15H2,1H3/b23-14+. The Morgan fingerprint density at radius 3 is 2.48 bits per heavy atom. The molecule has 0 unspecified atom stereocenters. The van der Waals surface area contributed by atoms with Gasteiger partial charge < -0.3 is 9.47 Å². The van der Waals surface area contributed by atoms with E-state index in [0.717, 1.165) is 5.56 Å². The molecule has 3 aromatic carbocycles. The summed E-state index contributed by atoms with van der Waals surface area (Å²) in [5.74, 6) is -0.0575. The minimum absolute atomic E-state index is 0.0580. The topological polar surface area (TPSA) is 38.8 Å². The van der Waals surface area contributed by atoms with Gasteiger partial charge in [-0.25, -0.2) is 8.78 Å². The van der Waals surface area contributed by atoms with Crippen LogP contribution in [0.1, 0.15) is 18.1 Å². The van der Waals surface area contributed by atoms with E-state index in [4.69, 9.17) is 21.7 Å². The number of carbonyl (C=O) groups is 1. The fraction of sp³-hybridized carbons (Fsp3) is 0.120. The summed E-state index contributed by atoms with van der Waals surface area (Å²) in [7, 11) is 0. The Hall–Kier alpha value is -3.23. The predicted molar refractivity (Wildman–Crippen MR) is 130 cm³/mol. The Labute approximate surface area is 199 Å². The molecule has 4 rings (SSSR count). The van der Waals surface area contributed by atoms with Crippen molar-refractivity contribution in [3.8, 4) is 11.5 Å². The van der Waals surface area contributed by atoms with Crippen LogP contribution in [0.15, 0.2) is 71.6 Å². The zero-order chi connectivity index (χ0) is 23.4. The molecule has 0 radical (unpaired) electrons. The number of nitrogens with zero attached hydrogens (tertiary/aromatic N) is 1. The van der Waals surface area contributed by atoms with Gasteiger partial charge in [-0.05, 0) is 61.0 Å². The molecule has 33 heavy (non-hydrogen) atoms. The Kier molecular flexibility index (Phi) is 7.05. The first-order valence-corrected chi connectivity index (χ1v) is 11.4. The molecule has 0 spiro atoms. The van der Waals surface area contributed by atoms with E-state index in [1.54, 1.807) is 42.5 Å². The first-order valence-electron chi connectivity index (χ1n) is 10.1. The number of anilines is 1. The Morgan fingerprint density at radius 1 is 1.00 bits per heavy atom. The molecule has 1 fully saturated rings. The molecule has 168 valence electrons. The lowest BCUT2D eigenvalue weighted by Crippen LogP contribution is -2.27. The third-order valence-electron chi connectivity index (χ3n) is 4.78. The molecule has 0 bridgehead atoms. The Balaban J connectivity index is 1.55. The highest BCUT2D eigenvalue weighted by atomic mass is 32.2. The van der Waals surface area contributed by atoms with Crippen LogP contribution < -0.4 is 14.4 Å². The van der Waals surface area contributed by atoms with Gasteiger partial charge in [-0.3, -0.25) is 9.69 Å². The zero-order valence-corrected chi connectivity index (χ0v) is 19.2. The number of amides is 1. The second-order valence-corrected chi connectivity index (χ2v) is 8.69. The van der Waals surface area contributed by atoms with Crippen LogP contribution in [0.2, 0.25) is 0 Å². The second-order valence-electron chi connectivity index (χ2n) is 7.01. The van der Waals surface area contributed by atoms with Crippen molar-refractivity contribution in [1.29, 1.82) is 0 Å². The summed E-state index contributed by atoms with van der Waals surface area (Å²) in [4.78, 5) is 14.8. The van der Waals surface area contributed by atoms with Crippen molar-refractivity contribution in [1.82, 2.24) is 0 Å². The van der Waals surface area contributed by atoms with Crippen molar-refractivity contribution < 1.29 is 23.0 Å². The number of carbonyl (C=O) groups excluding carboxylic acids is 1. The molecular formula is C25H19F2NO3S2. The number of ether oxygens (including phenoxy) is 2. The molecule has 0 N–H and O–H groups in total. The van der Waals surface area contributed by atoms with E-state index in [2.05, 4.69) is 0 Å². The summed E-state index contributed by atoms with van der Waals surface area (Å²) < 4.78 is 39.0. The van der Waals surface area contributed by atoms with Crippen molar-refractivity contribution in [2.75, 3.05) is 11.5 Å². The van der Waals surface area contributed by atoms with Crippen molar-refractivity contribution in [3.63, 3.8) is 0 Å². The smallest absolute Gasteiger partial charge is 0.270 e. The molecule has 0 atom stereocenters. The van der Waals surface area contributed by atoms with Crippen LogP contribution in [0, 0.1) is 11.6 Å². The lowest BCUT2D eigenvalue weighted by molar-refractivity contribution is -0.113. The fourth-order valence-corrected chi connectivity index (χ4v) is 4.50. The number of thiocarbonyl (C=S) groups is 1. The lowest BCUT2D eigenvalue weighted by Gasteiger charge is -2.14. The molecule has 1 heterocycles. The minimum Gasteiger partial charge on any atom is -0.490 e. The molecule has 1 aliphatic rings. The van der Waals surface area contributed by atoms with Crippen LogP contribution in [0.4, 0.5) is 14.5 Å². The van der Waals surface area contributed by atoms with Crippen LogP contribution in [0.5, 0.6) is 11.5 Å². The van der Waals surface area contributed by atoms with Crippen molar-refractivity contribution >= 4 is 46.0 Å². The van der Waals surface area contributed by atoms with Crippen LogP contribution >= 0.6 is 24.0 Å². The van der Waals surface area contributed by atoms with Gasteiger partial charge in [-0.1, -0.05) is 48.2 Å². The van der Waals surface area contributed by atoms with Gasteiger partial charge in [0.25, 0.3) is 5.91 Å². The lowest BCUT2D eigenvalue weighted by atomic mass is 10.1. The second kappa shape index (κ2) is 10.1. The van der Waals surface area contributed by atoms with Crippen molar-refractivity contribution in [2.45, 2.75) is 13.5 Å². The number of benzene rings is 3. The first-order chi connectivity index (χ1) is 16.0. The molecule has 8 heteroatoms. The first kappa shape index (κ1) is 22.9. The van der Waals surface area contributed by atoms with E-state index in [9.17, 15) is 13.6 Å². The normalized spacial score (nSPS) is 14.8. The van der Waals surface area contributed by atoms with Crippen LogP contribution in [0.3, 0.4) is 0 Å². The summed E-state index contributed by atoms with van der Waals surface area (Å²) in [6, 6.07) is 17.3. The largest absolute Gasteiger partial charge is 0.490 e. The van der Waals surface area contributed by atoms with E-state index in [1.165, 1.54) is 47.0 Å². The predicted octanol–water partition coefficient (Wildman–Crippen LogP) is 6.35. The fourth-order valence-electron chi connectivity index (χ4n) is 3.20. The third kappa shape index (κ3) is 5.23. The van der Waals surface area contributed by atoms with E-state index in [1.807, 2.05) is 6.92 Å². The highest BCUT2D eigenvalue weighted by molar-refractivity contribution is 8.27. The Bertz CT molecular complexity index is 1230. The van der Waals surface area contributed by atoms with Crippen molar-refractivity contribution in [2.24, 2.45) is 0 Å². The average molecular weight is 484 g/mol. The van der Waals surface area contributed by atoms with Gasteiger partial charge in [0.2, 0.25) is 0 Å². The van der Waals surface area contributed by atoms with Crippen LogP contribution in [-0.4, -0.2) is 16.8 Å². The van der Waals surface area contributed by atoms with E-state index < -0.39 is 0 Å². The maximum Gasteiger partial charge on any atom is 0.270 e. The van der Waals surface area contributed by atoms with Crippen molar-refractivity contribution in [3.05, 3.63) is 94.4 Å². The molecule has 0 saturated carbocycles. The molecule has 0 aromatic heterocycles. The molecule has 0 aliphatic carbocycles. The molecule has 1 saturated heterocycles. The molecule has 1 aliphatic heterocycles. The highest BCUT2D eigenvalue weighted by Crippen LogP contribution is 2.37. The molecule has 1 amide bonds. The van der Waals surface area contributed by atoms with Gasteiger partial charge in [0.05, 0.1) is 17.2 Å². The maximum absolute atomic E-state index is 13.9. The number of thioether (sulfide) groups is 1. The quantitative estimate of drug-likeness (QED) is 0.289. The highest BCUT2D eigenvalue weighted by Gasteiger charge is 2.33. The van der Waals surface area contributed by atoms with Gasteiger partial charge in [0.15, 0.2) is 15.8 Å². The summed E-state index contributed by atoms with van der Waals surface area (Å²) in [6.07, 6.45) is 1.71. The van der Waals surface area contributed by atoms with E-state index >= 15 is 0 Å². The van der Waals surface area contributed by atoms with Gasteiger partial charge >= 0.3 is 0 Å². The van der Waals surface area contributed by atoms with Gasteiger partial charge in [-0.2, -0.15) is 0 Å². The SMILES string of the molecule is CCOc1cc(/C=C2/SC(=S)N(c3ccc(F)cc3)C2=O)ccc1OCc1ccccc1F. The van der Waals surface area contributed by atoms with Gasteiger partial charge in [0, 0.05) is 5.56 Å². The number of hydrogen-bond donors (Lipinski definition) is 0. The van der Waals surface area contributed by atoms with E-state index in [-0.39, 0.29) is 24.1 Å². The van der Waals surface area contributed by atoms with Crippen LogP contribution in [0.25, 0.3) is 6.08 Å². The summed E-state index contributed by atoms with van der Waals surface area (Å²) >= 11 is 6.53. The summed E-state index contributed by atoms with van der Waals surface area (Å²) in [6.45, 7) is 2.32. The average Bonchev–Trinajstić information content (AvgIpc) is 3.08. The molecule has 4 nitrogen and oxygen atoms in total. The van der Waals surface area contributed by atoms with Crippen LogP contribution in [-0.2, 0) is 11.4 Å². The van der Waals surface area contributed by atoms with E-state index in [0.29, 0.717) is 38.6 Å². The monoisotopic (exact) mass is 483 g/mol. The maximum atomic E-state index is 13.9. The number of rotatable bonds is 7. The molecule has 3 aromatic rings. The number of hydrogen-bond acceptors (Lipinski definition) is 5.